The first kappa shape index (κ1) is 18.4. The number of anilines is 1. The van der Waals surface area contributed by atoms with Crippen LogP contribution in [0.15, 0.2) is 77.9 Å². The topological polar surface area (TPSA) is 62.3 Å². The number of nitrogens with one attached hydrogen (secondary N) is 1. The molecule has 1 aromatic heterocycles. The zero-order chi connectivity index (χ0) is 19.7. The molecule has 0 saturated carbocycles. The van der Waals surface area contributed by atoms with Gasteiger partial charge in [0, 0.05) is 28.5 Å². The molecule has 0 aliphatic carbocycles. The molecule has 4 rings (SSSR count). The summed E-state index contributed by atoms with van der Waals surface area (Å²) in [5.74, 6) is -0.544. The Morgan fingerprint density at radius 3 is 2.64 bits per heavy atom. The van der Waals surface area contributed by atoms with Crippen LogP contribution < -0.4 is 5.32 Å². The third-order valence-electron chi connectivity index (χ3n) is 5.03. The molecule has 1 aliphatic rings. The van der Waals surface area contributed by atoms with E-state index in [1.165, 1.54) is 6.08 Å². The monoisotopic (exact) mass is 435 g/mol. The van der Waals surface area contributed by atoms with Crippen LogP contribution in [0.3, 0.4) is 0 Å². The van der Waals surface area contributed by atoms with Gasteiger partial charge in [-0.1, -0.05) is 52.8 Å². The predicted octanol–water partition coefficient (Wildman–Crippen LogP) is 4.12. The Morgan fingerprint density at radius 2 is 1.89 bits per heavy atom. The number of para-hydroxylation sites is 1. The minimum absolute atomic E-state index is 0.0695. The molecule has 0 bridgehead atoms. The van der Waals surface area contributed by atoms with Crippen molar-refractivity contribution in [2.24, 2.45) is 0 Å². The fraction of sp³-hybridized carbons (Fsp3) is 0.136. The Labute approximate surface area is 171 Å². The van der Waals surface area contributed by atoms with E-state index >= 15 is 0 Å². The van der Waals surface area contributed by atoms with Crippen LogP contribution in [0.25, 0.3) is 10.9 Å². The largest absolute Gasteiger partial charge is 0.326 e. The number of nitrogens with zero attached hydrogens (tertiary/aromatic N) is 2. The van der Waals surface area contributed by atoms with E-state index in [0.717, 1.165) is 20.9 Å². The van der Waals surface area contributed by atoms with Crippen LogP contribution in [0.5, 0.6) is 0 Å². The molecule has 5 nitrogen and oxygen atoms in total. The molecule has 0 radical (unpaired) electrons. The number of carbonyl (C=O) groups excluding carboxylic acids is 2. The quantitative estimate of drug-likeness (QED) is 0.626. The van der Waals surface area contributed by atoms with Gasteiger partial charge in [-0.25, -0.2) is 0 Å². The van der Waals surface area contributed by atoms with Gasteiger partial charge in [0.05, 0.1) is 11.2 Å². The number of pyridine rings is 1. The van der Waals surface area contributed by atoms with E-state index in [9.17, 15) is 9.59 Å². The highest BCUT2D eigenvalue weighted by molar-refractivity contribution is 9.10. The fourth-order valence-corrected chi connectivity index (χ4v) is 3.85. The number of benzene rings is 2. The first-order valence-electron chi connectivity index (χ1n) is 8.91. The van der Waals surface area contributed by atoms with Gasteiger partial charge in [0.15, 0.2) is 0 Å². The van der Waals surface area contributed by atoms with Crippen molar-refractivity contribution < 1.29 is 9.59 Å². The maximum atomic E-state index is 13.1. The van der Waals surface area contributed by atoms with Crippen LogP contribution in [0.2, 0.25) is 0 Å². The SMILES string of the molecule is C=CC(=O)N1C[C@H](c2ccc(Br)cc2)[C@@H]1C(=O)Nc1cccc2cccnc12. The van der Waals surface area contributed by atoms with E-state index in [0.29, 0.717) is 12.2 Å². The molecular formula is C22H18BrN3O2. The molecule has 140 valence electrons. The van der Waals surface area contributed by atoms with Crippen molar-refractivity contribution in [3.63, 3.8) is 0 Å². The van der Waals surface area contributed by atoms with Crippen LogP contribution >= 0.6 is 15.9 Å². The molecule has 3 aromatic rings. The predicted molar refractivity (Wildman–Crippen MR) is 113 cm³/mol. The summed E-state index contributed by atoms with van der Waals surface area (Å²) in [6.45, 7) is 4.04. The lowest BCUT2D eigenvalue weighted by Gasteiger charge is -2.46. The summed E-state index contributed by atoms with van der Waals surface area (Å²) in [4.78, 5) is 31.3. The van der Waals surface area contributed by atoms with Crippen molar-refractivity contribution in [3.05, 3.63) is 83.5 Å². The van der Waals surface area contributed by atoms with E-state index in [-0.39, 0.29) is 17.7 Å². The summed E-state index contributed by atoms with van der Waals surface area (Å²) in [6.07, 6.45) is 2.94. The number of hydrogen-bond acceptors (Lipinski definition) is 3. The zero-order valence-corrected chi connectivity index (χ0v) is 16.6. The lowest BCUT2D eigenvalue weighted by Crippen LogP contribution is -2.61. The minimum Gasteiger partial charge on any atom is -0.326 e. The number of rotatable bonds is 4. The standard InChI is InChI=1S/C22H18BrN3O2/c1-2-19(27)26-13-17(14-8-10-16(23)11-9-14)21(26)22(28)25-18-7-3-5-15-6-4-12-24-20(15)18/h2-12,17,21H,1,13H2,(H,25,28)/t17-,21-/m1/s1. The molecule has 0 spiro atoms. The Morgan fingerprint density at radius 1 is 1.14 bits per heavy atom. The molecule has 1 saturated heterocycles. The van der Waals surface area contributed by atoms with E-state index in [4.69, 9.17) is 0 Å². The van der Waals surface area contributed by atoms with Gasteiger partial charge in [0.2, 0.25) is 11.8 Å². The Kier molecular flexibility index (Phi) is 4.96. The van der Waals surface area contributed by atoms with Gasteiger partial charge >= 0.3 is 0 Å². The molecular weight excluding hydrogens is 418 g/mol. The van der Waals surface area contributed by atoms with Gasteiger partial charge in [-0.3, -0.25) is 14.6 Å². The summed E-state index contributed by atoms with van der Waals surface area (Å²) in [5.41, 5.74) is 2.38. The number of likely N-dealkylation sites (tertiary alicyclic amines) is 1. The van der Waals surface area contributed by atoms with Crippen LogP contribution in [0.4, 0.5) is 5.69 Å². The third kappa shape index (κ3) is 3.31. The summed E-state index contributed by atoms with van der Waals surface area (Å²) >= 11 is 3.43. The molecule has 2 heterocycles. The van der Waals surface area contributed by atoms with Crippen LogP contribution in [-0.4, -0.2) is 34.3 Å². The molecule has 28 heavy (non-hydrogen) atoms. The van der Waals surface area contributed by atoms with Crippen molar-refractivity contribution in [2.45, 2.75) is 12.0 Å². The summed E-state index contributed by atoms with van der Waals surface area (Å²) in [5, 5.41) is 3.91. The molecule has 2 atom stereocenters. The second kappa shape index (κ2) is 7.56. The minimum atomic E-state index is -0.592. The smallest absolute Gasteiger partial charge is 0.247 e. The van der Waals surface area contributed by atoms with Gasteiger partial charge in [0.1, 0.15) is 6.04 Å². The van der Waals surface area contributed by atoms with Gasteiger partial charge in [-0.05, 0) is 35.9 Å². The number of fused-ring (bicyclic) bond motifs is 1. The first-order chi connectivity index (χ1) is 13.6. The molecule has 1 fully saturated rings. The average Bonchev–Trinajstić information content (AvgIpc) is 2.69. The fourth-order valence-electron chi connectivity index (χ4n) is 3.58. The summed E-state index contributed by atoms with van der Waals surface area (Å²) in [6, 6.07) is 16.7. The number of hydrogen-bond donors (Lipinski definition) is 1. The van der Waals surface area contributed by atoms with Gasteiger partial charge in [-0.2, -0.15) is 0 Å². The molecule has 0 unspecified atom stereocenters. The first-order valence-corrected chi connectivity index (χ1v) is 9.71. The maximum absolute atomic E-state index is 13.1. The van der Waals surface area contributed by atoms with Gasteiger partial charge in [0.25, 0.3) is 0 Å². The Bertz CT molecular complexity index is 1060. The average molecular weight is 436 g/mol. The highest BCUT2D eigenvalue weighted by Crippen LogP contribution is 2.36. The highest BCUT2D eigenvalue weighted by atomic mass is 79.9. The van der Waals surface area contributed by atoms with Gasteiger partial charge in [-0.15, -0.1) is 0 Å². The number of aromatic nitrogens is 1. The molecule has 1 aliphatic heterocycles. The second-order valence-electron chi connectivity index (χ2n) is 6.67. The van der Waals surface area contributed by atoms with E-state index in [1.807, 2.05) is 54.6 Å². The normalized spacial score (nSPS) is 18.4. The van der Waals surface area contributed by atoms with Gasteiger partial charge < -0.3 is 10.2 Å². The Balaban J connectivity index is 1.64. The zero-order valence-electron chi connectivity index (χ0n) is 15.0. The number of carbonyl (C=O) groups is 2. The van der Waals surface area contributed by atoms with Crippen molar-refractivity contribution >= 4 is 44.3 Å². The second-order valence-corrected chi connectivity index (χ2v) is 7.58. The highest BCUT2D eigenvalue weighted by Gasteiger charge is 2.46. The van der Waals surface area contributed by atoms with E-state index in [1.54, 1.807) is 11.1 Å². The van der Waals surface area contributed by atoms with Crippen molar-refractivity contribution in [2.75, 3.05) is 11.9 Å². The van der Waals surface area contributed by atoms with Crippen LogP contribution in [0.1, 0.15) is 11.5 Å². The Hall–Kier alpha value is -2.99. The third-order valence-corrected chi connectivity index (χ3v) is 5.55. The van der Waals surface area contributed by atoms with Crippen molar-refractivity contribution in [3.8, 4) is 0 Å². The summed E-state index contributed by atoms with van der Waals surface area (Å²) < 4.78 is 0.970. The lowest BCUT2D eigenvalue weighted by atomic mass is 9.81. The molecule has 6 heteroatoms. The van der Waals surface area contributed by atoms with Crippen LogP contribution in [-0.2, 0) is 9.59 Å². The summed E-state index contributed by atoms with van der Waals surface area (Å²) in [7, 11) is 0. The van der Waals surface area contributed by atoms with Crippen molar-refractivity contribution in [1.82, 2.24) is 9.88 Å². The van der Waals surface area contributed by atoms with Crippen molar-refractivity contribution in [1.29, 1.82) is 0 Å². The van der Waals surface area contributed by atoms with Crippen LogP contribution in [0, 0.1) is 0 Å². The molecule has 1 N–H and O–H groups in total. The number of amides is 2. The number of halogens is 1. The van der Waals surface area contributed by atoms with E-state index < -0.39 is 6.04 Å². The molecule has 2 aromatic carbocycles. The molecule has 2 amide bonds. The van der Waals surface area contributed by atoms with E-state index in [2.05, 4.69) is 32.8 Å². The maximum Gasteiger partial charge on any atom is 0.247 e. The lowest BCUT2D eigenvalue weighted by molar-refractivity contribution is -0.143.